The minimum atomic E-state index is -4.77. The summed E-state index contributed by atoms with van der Waals surface area (Å²) in [5.41, 5.74) is 0. The predicted molar refractivity (Wildman–Crippen MR) is 75.4 cm³/mol. The summed E-state index contributed by atoms with van der Waals surface area (Å²) in [4.78, 5) is 4.22. The molecule has 2 N–H and O–H groups in total. The van der Waals surface area contributed by atoms with E-state index in [1.807, 2.05) is 0 Å². The highest BCUT2D eigenvalue weighted by molar-refractivity contribution is 7.91. The van der Waals surface area contributed by atoms with Crippen LogP contribution in [0.15, 0.2) is 34.8 Å². The molecule has 2 heterocycles. The number of nitrogens with zero attached hydrogens (tertiary/aromatic N) is 3. The zero-order valence-corrected chi connectivity index (χ0v) is 13.0. The van der Waals surface area contributed by atoms with Gasteiger partial charge in [0.2, 0.25) is 15.2 Å². The highest BCUT2D eigenvalue weighted by atomic mass is 32.2. The number of nitrogens with two attached hydrogens (primary N) is 1. The van der Waals surface area contributed by atoms with E-state index in [0.29, 0.717) is 0 Å². The lowest BCUT2D eigenvalue weighted by atomic mass is 10.3. The monoisotopic (exact) mass is 380 g/mol. The lowest BCUT2D eigenvalue weighted by Crippen LogP contribution is -2.16. The molecule has 0 radical (unpaired) electrons. The fourth-order valence-corrected chi connectivity index (χ4v) is 3.15. The van der Waals surface area contributed by atoms with E-state index in [4.69, 9.17) is 9.88 Å². The van der Waals surface area contributed by atoms with Gasteiger partial charge in [0.05, 0.1) is 6.20 Å². The van der Waals surface area contributed by atoms with E-state index in [-0.39, 0.29) is 26.7 Å². The van der Waals surface area contributed by atoms with Gasteiger partial charge in [-0.25, -0.2) is 18.1 Å². The summed E-state index contributed by atoms with van der Waals surface area (Å²) in [5.74, 6) is -0.0960. The highest BCUT2D eigenvalue weighted by Gasteiger charge is 2.31. The Morgan fingerprint density at radius 1 is 1.17 bits per heavy atom. The number of ether oxygens (including phenoxy) is 2. The lowest BCUT2D eigenvalue weighted by molar-refractivity contribution is -0.274. The second-order valence-corrected chi connectivity index (χ2v) is 7.03. The second-order valence-electron chi connectivity index (χ2n) is 4.34. The largest absolute Gasteiger partial charge is 0.573 e. The maximum atomic E-state index is 12.1. The Hall–Kier alpha value is -2.38. The molecule has 0 atom stereocenters. The number of rotatable bonds is 4. The summed E-state index contributed by atoms with van der Waals surface area (Å²) in [6, 6.07) is 4.69. The van der Waals surface area contributed by atoms with Crippen LogP contribution in [0, 0.1) is 0 Å². The number of sulfonamides is 1. The van der Waals surface area contributed by atoms with Crippen LogP contribution in [0.5, 0.6) is 17.4 Å². The first-order valence-corrected chi connectivity index (χ1v) is 8.39. The van der Waals surface area contributed by atoms with E-state index in [1.54, 1.807) is 0 Å². The van der Waals surface area contributed by atoms with Crippen LogP contribution < -0.4 is 14.6 Å². The van der Waals surface area contributed by atoms with E-state index < -0.39 is 16.4 Å². The molecule has 2 aromatic heterocycles. The van der Waals surface area contributed by atoms with Gasteiger partial charge in [0.1, 0.15) is 11.5 Å². The molecule has 0 unspecified atom stereocenters. The first kappa shape index (κ1) is 16.5. The van der Waals surface area contributed by atoms with Gasteiger partial charge in [0.15, 0.2) is 0 Å². The van der Waals surface area contributed by atoms with E-state index in [0.717, 1.165) is 23.5 Å². The van der Waals surface area contributed by atoms with Gasteiger partial charge in [-0.2, -0.15) is 4.98 Å². The number of imidazole rings is 1. The third-order valence-electron chi connectivity index (χ3n) is 2.53. The van der Waals surface area contributed by atoms with Crippen LogP contribution in [-0.4, -0.2) is 29.4 Å². The number of primary sulfonamides is 1. The number of benzene rings is 1. The van der Waals surface area contributed by atoms with Gasteiger partial charge in [0.25, 0.3) is 10.0 Å². The molecule has 0 amide bonds. The van der Waals surface area contributed by atoms with Crippen molar-refractivity contribution in [2.75, 3.05) is 0 Å². The number of alkyl halides is 3. The van der Waals surface area contributed by atoms with Crippen molar-refractivity contribution in [1.82, 2.24) is 14.6 Å². The van der Waals surface area contributed by atoms with Gasteiger partial charge >= 0.3 is 6.36 Å². The molecule has 0 aliphatic heterocycles. The Morgan fingerprint density at radius 2 is 1.79 bits per heavy atom. The van der Waals surface area contributed by atoms with Crippen molar-refractivity contribution in [3.05, 3.63) is 30.5 Å². The van der Waals surface area contributed by atoms with Crippen molar-refractivity contribution < 1.29 is 31.1 Å². The summed E-state index contributed by atoms with van der Waals surface area (Å²) in [6.07, 6.45) is -3.47. The molecular weight excluding hydrogens is 373 g/mol. The smallest absolute Gasteiger partial charge is 0.437 e. The summed E-state index contributed by atoms with van der Waals surface area (Å²) >= 11 is 0.747. The molecule has 0 fully saturated rings. The third kappa shape index (κ3) is 3.74. The first-order valence-electron chi connectivity index (χ1n) is 6.03. The Labute approximate surface area is 136 Å². The maximum Gasteiger partial charge on any atom is 0.573 e. The van der Waals surface area contributed by atoms with Gasteiger partial charge in [0, 0.05) is 0 Å². The molecular formula is C11H7F3N4O4S2. The van der Waals surface area contributed by atoms with Crippen molar-refractivity contribution in [3.8, 4) is 17.4 Å². The number of fused-ring (bicyclic) bond motifs is 1. The molecule has 0 aliphatic carbocycles. The Balaban J connectivity index is 1.76. The van der Waals surface area contributed by atoms with E-state index in [1.165, 1.54) is 22.8 Å². The fraction of sp³-hybridized carbons (Fsp3) is 0.0909. The SMILES string of the molecule is NS(=O)(=O)c1nn2cc(Oc3ccc(OC(F)(F)F)cc3)nc2s1. The fourth-order valence-electron chi connectivity index (χ4n) is 1.66. The Bertz CT molecular complexity index is 948. The molecule has 0 spiro atoms. The molecule has 0 bridgehead atoms. The molecule has 0 saturated heterocycles. The number of hydrogen-bond acceptors (Lipinski definition) is 7. The zero-order chi connectivity index (χ0) is 17.5. The average molecular weight is 380 g/mol. The predicted octanol–water partition coefficient (Wildman–Crippen LogP) is 2.13. The minimum absolute atomic E-state index is 0.0826. The normalized spacial score (nSPS) is 12.5. The molecule has 128 valence electrons. The summed E-state index contributed by atoms with van der Waals surface area (Å²) < 4.78 is 68.5. The Morgan fingerprint density at radius 3 is 2.33 bits per heavy atom. The lowest BCUT2D eigenvalue weighted by Gasteiger charge is -2.09. The van der Waals surface area contributed by atoms with Crippen LogP contribution in [0.1, 0.15) is 0 Å². The molecule has 3 aromatic rings. The van der Waals surface area contributed by atoms with Crippen molar-refractivity contribution in [1.29, 1.82) is 0 Å². The zero-order valence-electron chi connectivity index (χ0n) is 11.4. The van der Waals surface area contributed by atoms with Crippen molar-refractivity contribution in [2.24, 2.45) is 5.14 Å². The van der Waals surface area contributed by atoms with Gasteiger partial charge in [-0.3, -0.25) is 0 Å². The van der Waals surface area contributed by atoms with Crippen LogP contribution in [0.2, 0.25) is 0 Å². The molecule has 0 aliphatic rings. The number of hydrogen-bond donors (Lipinski definition) is 1. The molecule has 0 saturated carbocycles. The van der Waals surface area contributed by atoms with Crippen LogP contribution in [0.25, 0.3) is 4.96 Å². The quantitative estimate of drug-likeness (QED) is 0.743. The highest BCUT2D eigenvalue weighted by Crippen LogP contribution is 2.28. The molecule has 13 heteroatoms. The standard InChI is InChI=1S/C11H7F3N4O4S2/c12-11(13,14)22-7-3-1-6(2-4-7)21-8-5-18-9(16-8)23-10(17-18)24(15,19)20/h1-5H,(H2,15,19,20). The van der Waals surface area contributed by atoms with Crippen molar-refractivity contribution >= 4 is 26.3 Å². The maximum absolute atomic E-state index is 12.1. The first-order chi connectivity index (χ1) is 11.1. The summed E-state index contributed by atoms with van der Waals surface area (Å²) in [5, 5.41) is 8.69. The Kier molecular flexibility index (Phi) is 3.85. The molecule has 3 rings (SSSR count). The number of halogens is 3. The summed E-state index contributed by atoms with van der Waals surface area (Å²) in [6.45, 7) is 0. The van der Waals surface area contributed by atoms with Gasteiger partial charge < -0.3 is 9.47 Å². The van der Waals surface area contributed by atoms with Crippen LogP contribution in [0.4, 0.5) is 13.2 Å². The van der Waals surface area contributed by atoms with Crippen LogP contribution >= 0.6 is 11.3 Å². The third-order valence-corrected chi connectivity index (χ3v) is 4.76. The summed E-state index contributed by atoms with van der Waals surface area (Å²) in [7, 11) is -3.93. The molecule has 8 nitrogen and oxygen atoms in total. The minimum Gasteiger partial charge on any atom is -0.437 e. The average Bonchev–Trinajstić information content (AvgIpc) is 2.97. The number of aromatic nitrogens is 3. The van der Waals surface area contributed by atoms with E-state index >= 15 is 0 Å². The van der Waals surface area contributed by atoms with Gasteiger partial charge in [-0.05, 0) is 24.3 Å². The van der Waals surface area contributed by atoms with Crippen molar-refractivity contribution in [3.63, 3.8) is 0 Å². The van der Waals surface area contributed by atoms with Crippen LogP contribution in [0.3, 0.4) is 0 Å². The van der Waals surface area contributed by atoms with E-state index in [9.17, 15) is 21.6 Å². The molecule has 24 heavy (non-hydrogen) atoms. The molecule has 1 aromatic carbocycles. The van der Waals surface area contributed by atoms with Crippen molar-refractivity contribution in [2.45, 2.75) is 10.7 Å². The van der Waals surface area contributed by atoms with Crippen LogP contribution in [-0.2, 0) is 10.0 Å². The second kappa shape index (κ2) is 5.61. The van der Waals surface area contributed by atoms with E-state index in [2.05, 4.69) is 14.8 Å². The van der Waals surface area contributed by atoms with Gasteiger partial charge in [-0.15, -0.1) is 18.3 Å². The topological polar surface area (TPSA) is 109 Å². The van der Waals surface area contributed by atoms with Gasteiger partial charge in [-0.1, -0.05) is 11.3 Å².